The molecule has 2 aromatic rings. The lowest BCUT2D eigenvalue weighted by Crippen LogP contribution is -2.41. The molecule has 0 atom stereocenters. The van der Waals surface area contributed by atoms with Crippen LogP contribution in [0.4, 0.5) is 0 Å². The summed E-state index contributed by atoms with van der Waals surface area (Å²) in [6, 6.07) is 1.64. The molecule has 0 aliphatic carbocycles. The maximum atomic E-state index is 12.6. The zero-order chi connectivity index (χ0) is 20.2. The van der Waals surface area contributed by atoms with Crippen LogP contribution in [-0.2, 0) is 17.7 Å². The minimum atomic E-state index is -0.162. The van der Waals surface area contributed by atoms with Crippen molar-refractivity contribution in [2.75, 3.05) is 52.5 Å². The second-order valence-electron chi connectivity index (χ2n) is 7.31. The molecule has 2 aliphatic rings. The molecule has 10 nitrogen and oxygen atoms in total. The molecule has 1 fully saturated rings. The molecule has 0 spiro atoms. The lowest BCUT2D eigenvalue weighted by atomic mass is 10.3. The van der Waals surface area contributed by atoms with Gasteiger partial charge >= 0.3 is 0 Å². The van der Waals surface area contributed by atoms with Gasteiger partial charge in [0.05, 0.1) is 13.2 Å². The standard InChI is InChI=1S/C19H26N6O4/c1-14-12-15(22-29-14)19(27)24-4-2-17-21-16(13-25(17)7-6-24)18(26)20-3-5-23-8-10-28-11-9-23/h12-13H,2-11H2,1H3,(H,20,26). The van der Waals surface area contributed by atoms with Gasteiger partial charge in [0.25, 0.3) is 11.8 Å². The lowest BCUT2D eigenvalue weighted by Gasteiger charge is -2.26. The summed E-state index contributed by atoms with van der Waals surface area (Å²) in [5.41, 5.74) is 0.747. The molecule has 0 bridgehead atoms. The van der Waals surface area contributed by atoms with Gasteiger partial charge in [-0.3, -0.25) is 14.5 Å². The van der Waals surface area contributed by atoms with Crippen molar-refractivity contribution in [1.82, 2.24) is 29.8 Å². The average Bonchev–Trinajstić information content (AvgIpc) is 3.30. The summed E-state index contributed by atoms with van der Waals surface area (Å²) >= 11 is 0. The first-order chi connectivity index (χ1) is 14.1. The number of fused-ring (bicyclic) bond motifs is 1. The Hall–Kier alpha value is -2.72. The molecule has 0 saturated carbocycles. The number of morpholine rings is 1. The van der Waals surface area contributed by atoms with Crippen LogP contribution in [0.1, 0.15) is 32.6 Å². The fourth-order valence-electron chi connectivity index (χ4n) is 3.61. The first kappa shape index (κ1) is 19.6. The Bertz CT molecular complexity index is 844. The molecular formula is C19H26N6O4. The molecule has 1 N–H and O–H groups in total. The van der Waals surface area contributed by atoms with Crippen molar-refractivity contribution in [1.29, 1.82) is 0 Å². The molecule has 4 rings (SSSR count). The number of carbonyl (C=O) groups excluding carboxylic acids is 2. The number of aryl methyl sites for hydroxylation is 1. The van der Waals surface area contributed by atoms with Crippen molar-refractivity contribution < 1.29 is 18.8 Å². The summed E-state index contributed by atoms with van der Waals surface area (Å²) in [4.78, 5) is 33.5. The average molecular weight is 402 g/mol. The molecule has 10 heteroatoms. The van der Waals surface area contributed by atoms with Crippen molar-refractivity contribution in [2.45, 2.75) is 19.9 Å². The number of imidazole rings is 1. The third-order valence-electron chi connectivity index (χ3n) is 5.26. The maximum absolute atomic E-state index is 12.6. The SMILES string of the molecule is Cc1cc(C(=O)N2CCc3nc(C(=O)NCCN4CCOCC4)cn3CC2)no1. The minimum absolute atomic E-state index is 0.145. The molecular weight excluding hydrogens is 376 g/mol. The van der Waals surface area contributed by atoms with Crippen LogP contribution in [0.2, 0.25) is 0 Å². The van der Waals surface area contributed by atoms with E-state index in [4.69, 9.17) is 9.26 Å². The monoisotopic (exact) mass is 402 g/mol. The Balaban J connectivity index is 1.30. The van der Waals surface area contributed by atoms with E-state index < -0.39 is 0 Å². The number of rotatable bonds is 5. The van der Waals surface area contributed by atoms with Crippen LogP contribution in [0.25, 0.3) is 0 Å². The topological polar surface area (TPSA) is 106 Å². The van der Waals surface area contributed by atoms with Crippen LogP contribution in [0, 0.1) is 6.92 Å². The van der Waals surface area contributed by atoms with Gasteiger partial charge in [-0.1, -0.05) is 5.16 Å². The zero-order valence-corrected chi connectivity index (χ0v) is 16.6. The van der Waals surface area contributed by atoms with E-state index in [2.05, 4.69) is 20.4 Å². The van der Waals surface area contributed by atoms with Crippen molar-refractivity contribution in [3.05, 3.63) is 35.2 Å². The van der Waals surface area contributed by atoms with Crippen LogP contribution in [0.15, 0.2) is 16.8 Å². The number of hydrogen-bond donors (Lipinski definition) is 1. The van der Waals surface area contributed by atoms with Gasteiger partial charge in [0, 0.05) is 64.5 Å². The second-order valence-corrected chi connectivity index (χ2v) is 7.31. The lowest BCUT2D eigenvalue weighted by molar-refractivity contribution is 0.0383. The predicted octanol–water partition coefficient (Wildman–Crippen LogP) is -0.0600. The quantitative estimate of drug-likeness (QED) is 0.747. The van der Waals surface area contributed by atoms with Gasteiger partial charge in [-0.25, -0.2) is 4.98 Å². The molecule has 2 aliphatic heterocycles. The van der Waals surface area contributed by atoms with Crippen molar-refractivity contribution in [3.8, 4) is 0 Å². The normalized spacial score (nSPS) is 17.6. The Morgan fingerprint density at radius 3 is 2.72 bits per heavy atom. The fourth-order valence-corrected chi connectivity index (χ4v) is 3.61. The number of nitrogens with zero attached hydrogens (tertiary/aromatic N) is 5. The van der Waals surface area contributed by atoms with Gasteiger partial charge in [-0.2, -0.15) is 0 Å². The maximum Gasteiger partial charge on any atom is 0.276 e. The Kier molecular flexibility index (Phi) is 5.91. The highest BCUT2D eigenvalue weighted by atomic mass is 16.5. The van der Waals surface area contributed by atoms with Crippen LogP contribution < -0.4 is 5.32 Å². The first-order valence-corrected chi connectivity index (χ1v) is 9.97. The molecule has 2 aromatic heterocycles. The number of amides is 2. The van der Waals surface area contributed by atoms with E-state index in [1.807, 2.05) is 4.57 Å². The summed E-state index contributed by atoms with van der Waals surface area (Å²) in [6.45, 7) is 8.10. The summed E-state index contributed by atoms with van der Waals surface area (Å²) in [6.07, 6.45) is 2.36. The van der Waals surface area contributed by atoms with Crippen LogP contribution in [0.5, 0.6) is 0 Å². The number of ether oxygens (including phenoxy) is 1. The van der Waals surface area contributed by atoms with Gasteiger partial charge in [0.2, 0.25) is 0 Å². The number of aromatic nitrogens is 3. The molecule has 0 aromatic carbocycles. The fraction of sp³-hybridized carbons (Fsp3) is 0.579. The van der Waals surface area contributed by atoms with Gasteiger partial charge in [-0.05, 0) is 6.92 Å². The Labute approximate surface area is 168 Å². The van der Waals surface area contributed by atoms with E-state index in [0.29, 0.717) is 49.7 Å². The summed E-state index contributed by atoms with van der Waals surface area (Å²) < 4.78 is 12.3. The molecule has 156 valence electrons. The van der Waals surface area contributed by atoms with Crippen LogP contribution in [-0.4, -0.2) is 88.8 Å². The van der Waals surface area contributed by atoms with E-state index in [-0.39, 0.29) is 11.8 Å². The second kappa shape index (κ2) is 8.75. The van der Waals surface area contributed by atoms with Crippen LogP contribution >= 0.6 is 0 Å². The third kappa shape index (κ3) is 4.65. The number of nitrogens with one attached hydrogen (secondary N) is 1. The van der Waals surface area contributed by atoms with E-state index in [1.54, 1.807) is 24.1 Å². The van der Waals surface area contributed by atoms with Gasteiger partial charge < -0.3 is 24.0 Å². The number of carbonyl (C=O) groups is 2. The first-order valence-electron chi connectivity index (χ1n) is 9.97. The third-order valence-corrected chi connectivity index (χ3v) is 5.26. The van der Waals surface area contributed by atoms with Gasteiger partial charge in [-0.15, -0.1) is 0 Å². The van der Waals surface area contributed by atoms with E-state index in [9.17, 15) is 9.59 Å². The predicted molar refractivity (Wildman–Crippen MR) is 103 cm³/mol. The smallest absolute Gasteiger partial charge is 0.276 e. The molecule has 0 unspecified atom stereocenters. The largest absolute Gasteiger partial charge is 0.379 e. The highest BCUT2D eigenvalue weighted by Crippen LogP contribution is 2.13. The highest BCUT2D eigenvalue weighted by molar-refractivity contribution is 5.93. The molecule has 29 heavy (non-hydrogen) atoms. The van der Waals surface area contributed by atoms with Crippen LogP contribution in [0.3, 0.4) is 0 Å². The van der Waals surface area contributed by atoms with Gasteiger partial charge in [0.15, 0.2) is 5.69 Å². The van der Waals surface area contributed by atoms with E-state index in [0.717, 1.165) is 38.7 Å². The van der Waals surface area contributed by atoms with E-state index >= 15 is 0 Å². The summed E-state index contributed by atoms with van der Waals surface area (Å²) in [5, 5.41) is 6.75. The van der Waals surface area contributed by atoms with Crippen molar-refractivity contribution in [3.63, 3.8) is 0 Å². The molecule has 2 amide bonds. The van der Waals surface area contributed by atoms with Crippen molar-refractivity contribution >= 4 is 11.8 Å². The molecule has 4 heterocycles. The summed E-state index contributed by atoms with van der Waals surface area (Å²) in [5.74, 6) is 1.12. The van der Waals surface area contributed by atoms with Crippen molar-refractivity contribution in [2.24, 2.45) is 0 Å². The minimum Gasteiger partial charge on any atom is -0.379 e. The highest BCUT2D eigenvalue weighted by Gasteiger charge is 2.24. The summed E-state index contributed by atoms with van der Waals surface area (Å²) in [7, 11) is 0. The number of hydrogen-bond acceptors (Lipinski definition) is 7. The van der Waals surface area contributed by atoms with E-state index in [1.165, 1.54) is 0 Å². The Morgan fingerprint density at radius 2 is 1.97 bits per heavy atom. The molecule has 1 saturated heterocycles. The Morgan fingerprint density at radius 1 is 1.14 bits per heavy atom. The molecule has 0 radical (unpaired) electrons. The van der Waals surface area contributed by atoms with Gasteiger partial charge in [0.1, 0.15) is 17.3 Å². The zero-order valence-electron chi connectivity index (χ0n) is 16.6.